The van der Waals surface area contributed by atoms with Gasteiger partial charge >= 0.3 is 39.5 Å². The standard InChI is InChI=1S/C69H134O17P2/c1-9-59(5)45-37-29-21-19-17-15-13-14-16-18-20-22-35-43-51-68(73)85-64(55-79-66(71)49-41-33-26-23-30-38-46-60(6)10-2)57-83-87(75,76)81-53-63(70)54-82-88(77,78)84-58-65(86-69(74)52-44-36-28-25-32-40-48-62(8)12-4)56-80-67(72)50-42-34-27-24-31-39-47-61(7)11-3/h59-65,70H,9-58H2,1-8H3,(H,75,76)(H,77,78)/t59?,60?,61?,62?,63-,64-,65-/m1/s1. The van der Waals surface area contributed by atoms with Crippen molar-refractivity contribution in [3.8, 4) is 0 Å². The van der Waals surface area contributed by atoms with E-state index in [0.29, 0.717) is 25.7 Å². The summed E-state index contributed by atoms with van der Waals surface area (Å²) in [6, 6.07) is 0. The normalized spacial score (nSPS) is 15.5. The molecule has 0 radical (unpaired) electrons. The van der Waals surface area contributed by atoms with Crippen LogP contribution in [0.1, 0.15) is 338 Å². The molecule has 0 aliphatic heterocycles. The van der Waals surface area contributed by atoms with Gasteiger partial charge in [0, 0.05) is 25.7 Å². The molecule has 0 saturated carbocycles. The van der Waals surface area contributed by atoms with E-state index in [0.717, 1.165) is 126 Å². The zero-order valence-electron chi connectivity index (χ0n) is 57.3. The summed E-state index contributed by atoms with van der Waals surface area (Å²) in [5.74, 6) is 0.892. The fraction of sp³-hybridized carbons (Fsp3) is 0.942. The van der Waals surface area contributed by atoms with Gasteiger partial charge in [-0.3, -0.25) is 37.3 Å². The molecule has 0 fully saturated rings. The molecule has 0 amide bonds. The van der Waals surface area contributed by atoms with Gasteiger partial charge in [0.1, 0.15) is 19.3 Å². The lowest BCUT2D eigenvalue weighted by atomic mass is 9.99. The minimum Gasteiger partial charge on any atom is -0.462 e. The Morgan fingerprint density at radius 1 is 0.307 bits per heavy atom. The number of carbonyl (C=O) groups is 4. The molecule has 17 nitrogen and oxygen atoms in total. The van der Waals surface area contributed by atoms with Crippen LogP contribution in [0.3, 0.4) is 0 Å². The summed E-state index contributed by atoms with van der Waals surface area (Å²) in [5, 5.41) is 10.6. The molecule has 3 N–H and O–H groups in total. The average Bonchev–Trinajstić information content (AvgIpc) is 3.72. The summed E-state index contributed by atoms with van der Waals surface area (Å²) in [6.07, 6.45) is 40.4. The molecule has 0 spiro atoms. The lowest BCUT2D eigenvalue weighted by Gasteiger charge is -2.21. The second-order valence-corrected chi connectivity index (χ2v) is 28.8. The summed E-state index contributed by atoms with van der Waals surface area (Å²) in [5.41, 5.74) is 0. The topological polar surface area (TPSA) is 237 Å². The highest BCUT2D eigenvalue weighted by Crippen LogP contribution is 2.45. The molecule has 0 saturated heterocycles. The van der Waals surface area contributed by atoms with Crippen molar-refractivity contribution in [3.05, 3.63) is 0 Å². The van der Waals surface area contributed by atoms with Crippen molar-refractivity contribution in [1.29, 1.82) is 0 Å². The van der Waals surface area contributed by atoms with E-state index >= 15 is 0 Å². The van der Waals surface area contributed by atoms with Crippen LogP contribution in [-0.2, 0) is 65.4 Å². The van der Waals surface area contributed by atoms with Crippen molar-refractivity contribution >= 4 is 39.5 Å². The lowest BCUT2D eigenvalue weighted by molar-refractivity contribution is -0.161. The predicted octanol–water partition coefficient (Wildman–Crippen LogP) is 19.3. The Labute approximate surface area is 537 Å². The molecule has 19 heteroatoms. The van der Waals surface area contributed by atoms with E-state index in [2.05, 4.69) is 55.4 Å². The lowest BCUT2D eigenvalue weighted by Crippen LogP contribution is -2.30. The number of hydrogen-bond donors (Lipinski definition) is 3. The third-order valence-electron chi connectivity index (χ3n) is 17.3. The van der Waals surface area contributed by atoms with Crippen LogP contribution >= 0.6 is 15.6 Å². The van der Waals surface area contributed by atoms with Crippen molar-refractivity contribution in [2.24, 2.45) is 23.7 Å². The molecule has 0 aliphatic carbocycles. The van der Waals surface area contributed by atoms with Gasteiger partial charge in [-0.2, -0.15) is 0 Å². The molecule has 0 rings (SSSR count). The molecule has 0 aromatic heterocycles. The molecular weight excluding hydrogens is 1160 g/mol. The van der Waals surface area contributed by atoms with E-state index < -0.39 is 97.5 Å². The van der Waals surface area contributed by atoms with Crippen LogP contribution in [0.2, 0.25) is 0 Å². The van der Waals surface area contributed by atoms with Crippen molar-refractivity contribution in [3.63, 3.8) is 0 Å². The Morgan fingerprint density at radius 2 is 0.511 bits per heavy atom. The molecule has 0 aliphatic rings. The van der Waals surface area contributed by atoms with Crippen molar-refractivity contribution in [1.82, 2.24) is 0 Å². The number of hydrogen-bond acceptors (Lipinski definition) is 15. The molecule has 0 aromatic carbocycles. The quantitative estimate of drug-likeness (QED) is 0.0222. The zero-order chi connectivity index (χ0) is 65.4. The first kappa shape index (κ1) is 86.1. The van der Waals surface area contributed by atoms with Gasteiger partial charge in [0.05, 0.1) is 26.4 Å². The molecule has 522 valence electrons. The van der Waals surface area contributed by atoms with E-state index in [1.54, 1.807) is 0 Å². The van der Waals surface area contributed by atoms with Crippen LogP contribution in [-0.4, -0.2) is 96.7 Å². The van der Waals surface area contributed by atoms with E-state index in [1.165, 1.54) is 128 Å². The monoisotopic (exact) mass is 1300 g/mol. The molecule has 6 unspecified atom stereocenters. The SMILES string of the molecule is CCC(C)CCCCCCCCCCCCCCCCC(=O)O[C@H](COC(=O)CCCCCCCCC(C)CC)COP(=O)(O)OC[C@@H](O)COP(=O)(O)OC[C@@H](COC(=O)CCCCCCCCC(C)CC)OC(=O)CCCCCCCCC(C)CC. The van der Waals surface area contributed by atoms with Gasteiger partial charge in [0.15, 0.2) is 12.2 Å². The molecule has 0 bridgehead atoms. The number of unbranched alkanes of at least 4 members (excludes halogenated alkanes) is 28. The Kier molecular flexibility index (Phi) is 57.6. The maximum Gasteiger partial charge on any atom is 0.472 e. The largest absolute Gasteiger partial charge is 0.472 e. The van der Waals surface area contributed by atoms with E-state index in [-0.39, 0.29) is 25.7 Å². The van der Waals surface area contributed by atoms with Gasteiger partial charge in [0.2, 0.25) is 0 Å². The number of rotatable bonds is 66. The Hall–Kier alpha value is -1.94. The Bertz CT molecular complexity index is 1760. The van der Waals surface area contributed by atoms with Crippen LogP contribution in [0.4, 0.5) is 0 Å². The van der Waals surface area contributed by atoms with Gasteiger partial charge in [-0.05, 0) is 49.4 Å². The highest BCUT2D eigenvalue weighted by atomic mass is 31.2. The minimum absolute atomic E-state index is 0.101. The number of ether oxygens (including phenoxy) is 4. The van der Waals surface area contributed by atoms with Gasteiger partial charge < -0.3 is 33.8 Å². The number of esters is 4. The summed E-state index contributed by atoms with van der Waals surface area (Å²) in [7, 11) is -9.90. The third-order valence-corrected chi connectivity index (χ3v) is 19.2. The van der Waals surface area contributed by atoms with Crippen molar-refractivity contribution < 1.29 is 80.2 Å². The van der Waals surface area contributed by atoms with Gasteiger partial charge in [-0.1, -0.05) is 287 Å². The van der Waals surface area contributed by atoms with E-state index in [1.807, 2.05) is 0 Å². The van der Waals surface area contributed by atoms with Gasteiger partial charge in [-0.25, -0.2) is 9.13 Å². The second kappa shape index (κ2) is 58.8. The van der Waals surface area contributed by atoms with Crippen LogP contribution in [0.15, 0.2) is 0 Å². The number of phosphoric acid groups is 2. The number of aliphatic hydroxyl groups excluding tert-OH is 1. The summed E-state index contributed by atoms with van der Waals surface area (Å²) in [6.45, 7) is 14.1. The highest BCUT2D eigenvalue weighted by molar-refractivity contribution is 7.47. The van der Waals surface area contributed by atoms with Crippen LogP contribution in [0, 0.1) is 23.7 Å². The minimum atomic E-state index is -4.95. The molecular formula is C69H134O17P2. The predicted molar refractivity (Wildman–Crippen MR) is 354 cm³/mol. The van der Waals surface area contributed by atoms with Crippen LogP contribution in [0.25, 0.3) is 0 Å². The van der Waals surface area contributed by atoms with E-state index in [9.17, 15) is 43.2 Å². The Morgan fingerprint density at radius 3 is 0.750 bits per heavy atom. The summed E-state index contributed by atoms with van der Waals surface area (Å²) < 4.78 is 68.2. The number of phosphoric ester groups is 2. The molecule has 0 heterocycles. The first-order chi connectivity index (χ1) is 42.2. The van der Waals surface area contributed by atoms with Crippen molar-refractivity contribution in [2.45, 2.75) is 356 Å². The fourth-order valence-corrected chi connectivity index (χ4v) is 11.8. The molecule has 9 atom stereocenters. The first-order valence-electron chi connectivity index (χ1n) is 35.9. The van der Waals surface area contributed by atoms with Gasteiger partial charge in [-0.15, -0.1) is 0 Å². The maximum absolute atomic E-state index is 13.0. The third kappa shape index (κ3) is 57.9. The Balaban J connectivity index is 5.23. The van der Waals surface area contributed by atoms with Crippen molar-refractivity contribution in [2.75, 3.05) is 39.6 Å². The summed E-state index contributed by atoms with van der Waals surface area (Å²) in [4.78, 5) is 72.4. The fourth-order valence-electron chi connectivity index (χ4n) is 10.2. The second-order valence-electron chi connectivity index (χ2n) is 25.9. The zero-order valence-corrected chi connectivity index (χ0v) is 59.1. The summed E-state index contributed by atoms with van der Waals surface area (Å²) >= 11 is 0. The van der Waals surface area contributed by atoms with Crippen LogP contribution < -0.4 is 0 Å². The smallest absolute Gasteiger partial charge is 0.462 e. The first-order valence-corrected chi connectivity index (χ1v) is 38.8. The number of aliphatic hydroxyl groups is 1. The van der Waals surface area contributed by atoms with Crippen LogP contribution in [0.5, 0.6) is 0 Å². The maximum atomic E-state index is 13.0. The van der Waals surface area contributed by atoms with Gasteiger partial charge in [0.25, 0.3) is 0 Å². The average molecular weight is 1300 g/mol. The highest BCUT2D eigenvalue weighted by Gasteiger charge is 2.30. The number of carbonyl (C=O) groups excluding carboxylic acids is 4. The molecule has 88 heavy (non-hydrogen) atoms. The van der Waals surface area contributed by atoms with E-state index in [4.69, 9.17) is 37.0 Å². The molecule has 0 aromatic rings.